The van der Waals surface area contributed by atoms with Crippen molar-refractivity contribution in [3.63, 3.8) is 0 Å². The zero-order chi connectivity index (χ0) is 19.2. The van der Waals surface area contributed by atoms with Crippen LogP contribution in [0, 0.1) is 5.82 Å². The fraction of sp³-hybridized carbons (Fsp3) is 0.222. The van der Waals surface area contributed by atoms with Crippen LogP contribution in [0.4, 0.5) is 4.39 Å². The number of nitrogens with one attached hydrogen (secondary N) is 2. The summed E-state index contributed by atoms with van der Waals surface area (Å²) in [5.41, 5.74) is 4.60. The summed E-state index contributed by atoms with van der Waals surface area (Å²) in [6.45, 7) is 2.77. The molecule has 3 rings (SSSR count). The number of ether oxygens (including phenoxy) is 1. The summed E-state index contributed by atoms with van der Waals surface area (Å²) < 4.78 is 21.4. The summed E-state index contributed by atoms with van der Waals surface area (Å²) in [6.07, 6.45) is 0. The first-order chi connectivity index (χ1) is 13.0. The molecule has 2 aromatic carbocycles. The number of halogens is 2. The molecule has 2 aromatic rings. The van der Waals surface area contributed by atoms with Crippen molar-refractivity contribution >= 4 is 35.4 Å². The van der Waals surface area contributed by atoms with E-state index in [1.54, 1.807) is 24.3 Å². The predicted molar refractivity (Wildman–Crippen MR) is 101 cm³/mol. The summed E-state index contributed by atoms with van der Waals surface area (Å²) in [5, 5.41) is 0.396. The molecule has 27 heavy (non-hydrogen) atoms. The van der Waals surface area contributed by atoms with E-state index in [0.717, 1.165) is 18.0 Å². The molecule has 1 fully saturated rings. The third kappa shape index (κ3) is 5.43. The lowest BCUT2D eigenvalue weighted by atomic mass is 10.2. The molecular weight excluding hydrogens is 393 g/mol. The maximum atomic E-state index is 14.1. The standard InChI is InChI=1S/C18H17ClFN3O3S/c19-13-3-1-2-12(10-13)17(24)21-22-18(25)15-11-14(4-5-16(15)20)27-23-6-8-26-9-7-23/h1-5,10-11H,6-9H2,(H,21,24)(H,22,25). The van der Waals surface area contributed by atoms with Crippen molar-refractivity contribution < 1.29 is 18.7 Å². The van der Waals surface area contributed by atoms with E-state index in [0.29, 0.717) is 18.2 Å². The number of benzene rings is 2. The van der Waals surface area contributed by atoms with Crippen molar-refractivity contribution in [2.75, 3.05) is 26.3 Å². The van der Waals surface area contributed by atoms with Crippen LogP contribution in [0.3, 0.4) is 0 Å². The van der Waals surface area contributed by atoms with Crippen molar-refractivity contribution in [1.29, 1.82) is 0 Å². The first kappa shape index (κ1) is 19.6. The number of rotatable bonds is 4. The average molecular weight is 410 g/mol. The van der Waals surface area contributed by atoms with Crippen LogP contribution in [-0.2, 0) is 4.74 Å². The Balaban J connectivity index is 1.63. The van der Waals surface area contributed by atoms with Crippen LogP contribution < -0.4 is 10.9 Å². The number of morpholine rings is 1. The Bertz CT molecular complexity index is 846. The Morgan fingerprint density at radius 3 is 2.56 bits per heavy atom. The topological polar surface area (TPSA) is 70.7 Å². The van der Waals surface area contributed by atoms with Gasteiger partial charge in [0, 0.05) is 28.6 Å². The smallest absolute Gasteiger partial charge is 0.272 e. The van der Waals surface area contributed by atoms with Crippen LogP contribution in [0.25, 0.3) is 0 Å². The Morgan fingerprint density at radius 1 is 1.07 bits per heavy atom. The highest BCUT2D eigenvalue weighted by molar-refractivity contribution is 7.97. The van der Waals surface area contributed by atoms with Gasteiger partial charge in [0.1, 0.15) is 5.82 Å². The minimum Gasteiger partial charge on any atom is -0.379 e. The zero-order valence-corrected chi connectivity index (χ0v) is 15.8. The number of hydrogen-bond acceptors (Lipinski definition) is 5. The number of nitrogens with zero attached hydrogens (tertiary/aromatic N) is 1. The second-order valence-corrected chi connectivity index (χ2v) is 7.30. The Morgan fingerprint density at radius 2 is 1.81 bits per heavy atom. The number of carbonyl (C=O) groups is 2. The molecule has 1 saturated heterocycles. The number of carbonyl (C=O) groups excluding carboxylic acids is 2. The van der Waals surface area contributed by atoms with Crippen LogP contribution in [0.5, 0.6) is 0 Å². The molecule has 0 aliphatic carbocycles. The molecule has 2 amide bonds. The third-order valence-electron chi connectivity index (χ3n) is 3.76. The van der Waals surface area contributed by atoms with E-state index in [-0.39, 0.29) is 11.1 Å². The van der Waals surface area contributed by atoms with Gasteiger partial charge in [-0.25, -0.2) is 8.70 Å². The van der Waals surface area contributed by atoms with Crippen molar-refractivity contribution in [3.8, 4) is 0 Å². The fourth-order valence-corrected chi connectivity index (χ4v) is 3.52. The molecule has 1 aliphatic heterocycles. The van der Waals surface area contributed by atoms with Gasteiger partial charge in [-0.1, -0.05) is 17.7 Å². The molecule has 0 bridgehead atoms. The first-order valence-electron chi connectivity index (χ1n) is 8.19. The molecule has 9 heteroatoms. The summed E-state index contributed by atoms with van der Waals surface area (Å²) in [7, 11) is 0. The predicted octanol–water partition coefficient (Wildman–Crippen LogP) is 2.89. The Labute approximate surface area is 165 Å². The second kappa shape index (κ2) is 9.18. The summed E-state index contributed by atoms with van der Waals surface area (Å²) in [5.74, 6) is -1.96. The monoisotopic (exact) mass is 409 g/mol. The minimum atomic E-state index is -0.743. The van der Waals surface area contributed by atoms with E-state index < -0.39 is 17.6 Å². The van der Waals surface area contributed by atoms with Gasteiger partial charge >= 0.3 is 0 Å². The fourth-order valence-electron chi connectivity index (χ4n) is 2.40. The molecule has 0 spiro atoms. The van der Waals surface area contributed by atoms with E-state index in [2.05, 4.69) is 15.2 Å². The molecule has 0 unspecified atom stereocenters. The molecule has 0 saturated carbocycles. The van der Waals surface area contributed by atoms with E-state index in [4.69, 9.17) is 16.3 Å². The van der Waals surface area contributed by atoms with Gasteiger partial charge in [-0.05, 0) is 48.3 Å². The van der Waals surface area contributed by atoms with Crippen molar-refractivity contribution in [2.45, 2.75) is 4.90 Å². The van der Waals surface area contributed by atoms with Crippen molar-refractivity contribution in [2.24, 2.45) is 0 Å². The molecule has 1 heterocycles. The quantitative estimate of drug-likeness (QED) is 0.600. The van der Waals surface area contributed by atoms with Gasteiger partial charge in [-0.3, -0.25) is 20.4 Å². The zero-order valence-electron chi connectivity index (χ0n) is 14.2. The summed E-state index contributed by atoms with van der Waals surface area (Å²) in [6, 6.07) is 10.6. The summed E-state index contributed by atoms with van der Waals surface area (Å²) in [4.78, 5) is 25.1. The van der Waals surface area contributed by atoms with Crippen LogP contribution in [0.2, 0.25) is 5.02 Å². The third-order valence-corrected chi connectivity index (χ3v) is 5.09. The van der Waals surface area contributed by atoms with E-state index in [9.17, 15) is 14.0 Å². The van der Waals surface area contributed by atoms with Gasteiger partial charge < -0.3 is 4.74 Å². The molecule has 0 atom stereocenters. The molecule has 2 N–H and O–H groups in total. The van der Waals surface area contributed by atoms with Gasteiger partial charge in [-0.15, -0.1) is 0 Å². The maximum Gasteiger partial charge on any atom is 0.272 e. The molecule has 6 nitrogen and oxygen atoms in total. The van der Waals surface area contributed by atoms with Crippen molar-refractivity contribution in [1.82, 2.24) is 15.2 Å². The van der Waals surface area contributed by atoms with Gasteiger partial charge in [0.15, 0.2) is 0 Å². The summed E-state index contributed by atoms with van der Waals surface area (Å²) >= 11 is 7.27. The largest absolute Gasteiger partial charge is 0.379 e. The highest BCUT2D eigenvalue weighted by atomic mass is 35.5. The highest BCUT2D eigenvalue weighted by Crippen LogP contribution is 2.25. The van der Waals surface area contributed by atoms with Gasteiger partial charge in [-0.2, -0.15) is 0 Å². The van der Waals surface area contributed by atoms with Crippen molar-refractivity contribution in [3.05, 3.63) is 64.4 Å². The number of hydrazine groups is 1. The lowest BCUT2D eigenvalue weighted by molar-refractivity contribution is 0.0773. The Hall–Kier alpha value is -2.13. The van der Waals surface area contributed by atoms with E-state index in [1.165, 1.54) is 30.1 Å². The normalized spacial score (nSPS) is 14.6. The van der Waals surface area contributed by atoms with Gasteiger partial charge in [0.2, 0.25) is 0 Å². The molecule has 1 aliphatic rings. The SMILES string of the molecule is O=C(NNC(=O)c1cc(SN2CCOCC2)ccc1F)c1cccc(Cl)c1. The van der Waals surface area contributed by atoms with Crippen LogP contribution in [0.15, 0.2) is 47.4 Å². The van der Waals surface area contributed by atoms with Gasteiger partial charge in [0.25, 0.3) is 11.8 Å². The first-order valence-corrected chi connectivity index (χ1v) is 9.34. The van der Waals surface area contributed by atoms with Gasteiger partial charge in [0.05, 0.1) is 18.8 Å². The van der Waals surface area contributed by atoms with Crippen LogP contribution in [0.1, 0.15) is 20.7 Å². The van der Waals surface area contributed by atoms with Crippen LogP contribution >= 0.6 is 23.5 Å². The van der Waals surface area contributed by atoms with Crippen LogP contribution in [-0.4, -0.2) is 42.4 Å². The lowest BCUT2D eigenvalue weighted by Crippen LogP contribution is -2.42. The number of hydrogen-bond donors (Lipinski definition) is 2. The maximum absolute atomic E-state index is 14.1. The molecule has 0 aromatic heterocycles. The molecular formula is C18H17ClFN3O3S. The number of amides is 2. The molecule has 142 valence electrons. The highest BCUT2D eigenvalue weighted by Gasteiger charge is 2.17. The second-order valence-electron chi connectivity index (χ2n) is 5.69. The minimum absolute atomic E-state index is 0.153. The lowest BCUT2D eigenvalue weighted by Gasteiger charge is -2.25. The van der Waals surface area contributed by atoms with E-state index >= 15 is 0 Å². The average Bonchev–Trinajstić information content (AvgIpc) is 2.68. The Kier molecular flexibility index (Phi) is 6.68. The van der Waals surface area contributed by atoms with E-state index in [1.807, 2.05) is 0 Å². The molecule has 0 radical (unpaired) electrons.